The molecular formula is C50H75NO15. The minimum absolute atomic E-state index is 0.0221. The lowest BCUT2D eigenvalue weighted by Crippen LogP contribution is -2.59. The fourth-order valence-electron chi connectivity index (χ4n) is 11.0. The molecule has 0 aromatic rings. The molecule has 1 aliphatic carbocycles. The van der Waals surface area contributed by atoms with E-state index in [1.54, 1.807) is 33.3 Å². The van der Waals surface area contributed by atoms with Gasteiger partial charge in [0, 0.05) is 51.7 Å². The van der Waals surface area contributed by atoms with Gasteiger partial charge in [0.1, 0.15) is 35.9 Å². The number of allylic oxidation sites excluding steroid dienone is 2. The fraction of sp³-hybridized carbons (Fsp3) is 0.760. The number of aliphatic hydroxyl groups excluding tert-OH is 1. The van der Waals surface area contributed by atoms with Crippen molar-refractivity contribution < 1.29 is 71.9 Å². The van der Waals surface area contributed by atoms with Gasteiger partial charge in [0.2, 0.25) is 0 Å². The Morgan fingerprint density at radius 1 is 0.924 bits per heavy atom. The van der Waals surface area contributed by atoms with Crippen molar-refractivity contribution in [3.63, 3.8) is 0 Å². The van der Waals surface area contributed by atoms with Crippen molar-refractivity contribution in [1.29, 1.82) is 0 Å². The van der Waals surface area contributed by atoms with E-state index in [1.807, 2.05) is 39.0 Å². The largest absolute Gasteiger partial charge is 0.462 e. The minimum Gasteiger partial charge on any atom is -0.462 e. The Balaban J connectivity index is 1.15. The number of methoxy groups -OCH3 is 3. The molecule has 1 amide bonds. The van der Waals surface area contributed by atoms with Crippen LogP contribution >= 0.6 is 0 Å². The first-order chi connectivity index (χ1) is 31.4. The maximum Gasteiger partial charge on any atom is 0.407 e. The van der Waals surface area contributed by atoms with Crippen LogP contribution in [0.1, 0.15) is 93.9 Å². The highest BCUT2D eigenvalue weighted by molar-refractivity contribution is 5.78. The Labute approximate surface area is 390 Å². The molecule has 0 aromatic carbocycles. The van der Waals surface area contributed by atoms with E-state index < -0.39 is 103 Å². The zero-order chi connectivity index (χ0) is 47.7. The summed E-state index contributed by atoms with van der Waals surface area (Å²) in [5.41, 5.74) is 0.0944. The van der Waals surface area contributed by atoms with Crippen LogP contribution < -0.4 is 5.32 Å². The number of esters is 1. The van der Waals surface area contributed by atoms with Crippen LogP contribution in [0.2, 0.25) is 0 Å². The van der Waals surface area contributed by atoms with Crippen LogP contribution in [0.3, 0.4) is 0 Å². The van der Waals surface area contributed by atoms with Gasteiger partial charge in [-0.05, 0) is 62.8 Å². The molecule has 16 heteroatoms. The van der Waals surface area contributed by atoms with Gasteiger partial charge in [-0.3, -0.25) is 4.79 Å². The Bertz CT molecular complexity index is 1870. The Morgan fingerprint density at radius 2 is 1.64 bits per heavy atom. The summed E-state index contributed by atoms with van der Waals surface area (Å²) >= 11 is 0. The van der Waals surface area contributed by atoms with Gasteiger partial charge in [0.15, 0.2) is 18.4 Å². The highest BCUT2D eigenvalue weighted by Gasteiger charge is 2.60. The molecule has 16 nitrogen and oxygen atoms in total. The molecule has 6 heterocycles. The van der Waals surface area contributed by atoms with Crippen molar-refractivity contribution in [2.75, 3.05) is 27.9 Å². The number of aliphatic hydroxyl groups is 2. The van der Waals surface area contributed by atoms with Crippen LogP contribution in [-0.2, 0) is 56.9 Å². The van der Waals surface area contributed by atoms with Gasteiger partial charge < -0.3 is 67.6 Å². The van der Waals surface area contributed by atoms with E-state index in [0.29, 0.717) is 36.8 Å². The number of hydrogen-bond donors (Lipinski definition) is 3. The van der Waals surface area contributed by atoms with Crippen LogP contribution in [0, 0.1) is 23.7 Å². The molecule has 6 aliphatic heterocycles. The summed E-state index contributed by atoms with van der Waals surface area (Å²) in [6.45, 7) is 16.1. The van der Waals surface area contributed by atoms with Crippen molar-refractivity contribution in [1.82, 2.24) is 5.32 Å². The van der Waals surface area contributed by atoms with Crippen molar-refractivity contribution in [3.8, 4) is 0 Å². The predicted molar refractivity (Wildman–Crippen MR) is 241 cm³/mol. The van der Waals surface area contributed by atoms with Crippen molar-refractivity contribution >= 4 is 12.1 Å². The second kappa shape index (κ2) is 21.3. The molecule has 0 saturated carbocycles. The summed E-state index contributed by atoms with van der Waals surface area (Å²) in [6, 6.07) is -0.435. The summed E-state index contributed by atoms with van der Waals surface area (Å²) < 4.78 is 69.2. The predicted octanol–water partition coefficient (Wildman–Crippen LogP) is 5.74. The van der Waals surface area contributed by atoms with Gasteiger partial charge in [-0.25, -0.2) is 4.79 Å². The van der Waals surface area contributed by atoms with Crippen molar-refractivity contribution in [2.24, 2.45) is 23.7 Å². The number of rotatable bonds is 9. The van der Waals surface area contributed by atoms with E-state index in [0.717, 1.165) is 12.0 Å². The van der Waals surface area contributed by atoms with Gasteiger partial charge in [0.25, 0.3) is 0 Å². The average molecular weight is 930 g/mol. The van der Waals surface area contributed by atoms with Crippen LogP contribution in [0.25, 0.3) is 0 Å². The zero-order valence-electron chi connectivity index (χ0n) is 40.6. The summed E-state index contributed by atoms with van der Waals surface area (Å²) in [7, 11) is 4.54. The fourth-order valence-corrected chi connectivity index (χ4v) is 11.0. The average Bonchev–Trinajstić information content (AvgIpc) is 3.63. The molecule has 0 radical (unpaired) electrons. The zero-order valence-corrected chi connectivity index (χ0v) is 40.6. The van der Waals surface area contributed by atoms with E-state index in [9.17, 15) is 19.8 Å². The van der Waals surface area contributed by atoms with E-state index in [2.05, 4.69) is 45.2 Å². The molecule has 1 spiro atoms. The van der Waals surface area contributed by atoms with E-state index in [-0.39, 0.29) is 43.0 Å². The SMILES string of the molecule is CCC(C)[C@H]1O[C@]2(C=C[C@@H]1C)C[C@@H]1C[C@@H](C/C=C(\C)[C@@H](O[C@H]3C[C@H](OC)[C@@H](O[C@H]4C[C@H](OC)[C@H](NC(=O)OC)[C@H](C)O4)[C@H](C)O3)[C@@H](C)/C=C/C=C3\CO[C@@H]4[C@H](O)C(C)=C[C@@H](C(=O)O1)[C@]34O)O2. The number of carbonyl (C=O) groups excluding carboxylic acids is 2. The van der Waals surface area contributed by atoms with Crippen LogP contribution in [0.15, 0.2) is 59.3 Å². The van der Waals surface area contributed by atoms with Gasteiger partial charge in [-0.15, -0.1) is 0 Å². The quantitative estimate of drug-likeness (QED) is 0.188. The second-order valence-corrected chi connectivity index (χ2v) is 19.6. The van der Waals surface area contributed by atoms with Crippen LogP contribution in [0.4, 0.5) is 4.79 Å². The number of hydrogen-bond acceptors (Lipinski definition) is 15. The van der Waals surface area contributed by atoms with E-state index >= 15 is 0 Å². The second-order valence-electron chi connectivity index (χ2n) is 19.6. The van der Waals surface area contributed by atoms with Crippen molar-refractivity contribution in [2.45, 2.75) is 191 Å². The lowest BCUT2D eigenvalue weighted by molar-refractivity contribution is -0.311. The lowest BCUT2D eigenvalue weighted by atomic mass is 9.71. The molecule has 370 valence electrons. The first-order valence-corrected chi connectivity index (χ1v) is 24.0. The molecule has 66 heavy (non-hydrogen) atoms. The summed E-state index contributed by atoms with van der Waals surface area (Å²) in [5, 5.41) is 26.6. The third-order valence-electron chi connectivity index (χ3n) is 15.0. The molecule has 2 bridgehead atoms. The molecule has 0 aromatic heterocycles. The molecule has 7 aliphatic rings. The molecule has 4 fully saturated rings. The molecule has 4 saturated heterocycles. The molecule has 3 N–H and O–H groups in total. The number of carbonyl (C=O) groups is 2. The minimum atomic E-state index is -1.85. The Hall–Kier alpha value is -3.00. The molecule has 7 rings (SSSR count). The normalized spacial score (nSPS) is 46.7. The number of fused-ring (bicyclic) bond motifs is 2. The maximum atomic E-state index is 14.4. The summed E-state index contributed by atoms with van der Waals surface area (Å²) in [5.74, 6) is -2.63. The topological polar surface area (TPSA) is 188 Å². The lowest BCUT2D eigenvalue weighted by Gasteiger charge is -2.48. The summed E-state index contributed by atoms with van der Waals surface area (Å²) in [6.07, 6.45) is 8.46. The van der Waals surface area contributed by atoms with Crippen LogP contribution in [-0.4, -0.2) is 147 Å². The number of amides is 1. The highest BCUT2D eigenvalue weighted by Crippen LogP contribution is 2.47. The van der Waals surface area contributed by atoms with E-state index in [1.165, 1.54) is 7.11 Å². The van der Waals surface area contributed by atoms with E-state index in [4.69, 9.17) is 52.1 Å². The smallest absolute Gasteiger partial charge is 0.407 e. The maximum absolute atomic E-state index is 14.4. The summed E-state index contributed by atoms with van der Waals surface area (Å²) in [4.78, 5) is 26.4. The first-order valence-electron chi connectivity index (χ1n) is 24.0. The monoisotopic (exact) mass is 930 g/mol. The first kappa shape index (κ1) is 50.9. The third-order valence-corrected chi connectivity index (χ3v) is 15.0. The number of alkyl carbamates (subject to hydrolysis) is 1. The number of nitrogens with one attached hydrogen (secondary N) is 1. The Morgan fingerprint density at radius 3 is 2.35 bits per heavy atom. The standard InChI is InChI=1S/C50H75NO15/c1-12-26(2)44-29(5)18-19-49(66-44)24-35-21-34(65-49)17-16-28(4)43(27(3)14-13-15-33-25-59-46-42(52)30(6)20-36(47(53)62-35)50(33,46)55)63-40-23-38(57-10)45(32(8)61-40)64-39-22-37(56-9)41(31(7)60-39)51-48(54)58-11/h13-16,18-20,26-27,29,31-32,34-46,52,55H,12,17,21-25H2,1-11H3,(H,51,54)/b14-13+,28-16+,33-15+/t26?,27-,29-,31-,32-,34+,35-,36-,37-,38-,39-,40-,41+,42+,43-,44+,45-,46+,49+,50+/m0/s1. The van der Waals surface area contributed by atoms with Gasteiger partial charge in [0.05, 0.1) is 62.5 Å². The van der Waals surface area contributed by atoms with Gasteiger partial charge >= 0.3 is 12.1 Å². The Kier molecular flexibility index (Phi) is 16.4. The third kappa shape index (κ3) is 10.6. The van der Waals surface area contributed by atoms with Gasteiger partial charge in [-0.1, -0.05) is 70.6 Å². The van der Waals surface area contributed by atoms with Gasteiger partial charge in [-0.2, -0.15) is 0 Å². The van der Waals surface area contributed by atoms with Crippen LogP contribution in [0.5, 0.6) is 0 Å². The van der Waals surface area contributed by atoms with Crippen molar-refractivity contribution in [3.05, 3.63) is 59.3 Å². The number of ether oxygens (including phenoxy) is 11. The molecule has 1 unspecified atom stereocenters. The molecule has 20 atom stereocenters. The highest BCUT2D eigenvalue weighted by atomic mass is 16.7. The molecular weight excluding hydrogens is 855 g/mol.